The summed E-state index contributed by atoms with van der Waals surface area (Å²) in [5, 5.41) is 20.4. The summed E-state index contributed by atoms with van der Waals surface area (Å²) in [7, 11) is 0. The molecule has 1 aromatic carbocycles. The number of benzene rings is 1. The highest BCUT2D eigenvalue weighted by atomic mass is 16.6. The fourth-order valence-corrected chi connectivity index (χ4v) is 2.93. The molecule has 0 radical (unpaired) electrons. The summed E-state index contributed by atoms with van der Waals surface area (Å²) in [4.78, 5) is 22.1. The van der Waals surface area contributed by atoms with Gasteiger partial charge < -0.3 is 9.84 Å². The summed E-state index contributed by atoms with van der Waals surface area (Å²) in [6, 6.07) is 1.82. The number of allylic oxidation sites excluding steroid dienone is 1. The van der Waals surface area contributed by atoms with E-state index in [2.05, 4.69) is 6.92 Å². The first-order valence-corrected chi connectivity index (χ1v) is 8.22. The van der Waals surface area contributed by atoms with Crippen molar-refractivity contribution in [1.29, 1.82) is 0 Å². The van der Waals surface area contributed by atoms with Gasteiger partial charge in [0.1, 0.15) is 5.75 Å². The normalized spacial score (nSPS) is 16.6. The molecule has 1 aliphatic heterocycles. The number of aliphatic carboxylic acids is 1. The second kappa shape index (κ2) is 7.47. The third-order valence-corrected chi connectivity index (χ3v) is 4.49. The van der Waals surface area contributed by atoms with Gasteiger partial charge in [-0.25, -0.2) is 4.79 Å². The molecular formula is C18H23NO5. The average Bonchev–Trinajstić information content (AvgIpc) is 2.95. The monoisotopic (exact) mass is 333 g/mol. The Hall–Kier alpha value is -2.37. The molecule has 2 rings (SSSR count). The van der Waals surface area contributed by atoms with E-state index in [-0.39, 0.29) is 17.0 Å². The number of fused-ring (bicyclic) bond motifs is 1. The van der Waals surface area contributed by atoms with E-state index in [1.165, 1.54) is 0 Å². The lowest BCUT2D eigenvalue weighted by Gasteiger charge is -2.11. The van der Waals surface area contributed by atoms with Gasteiger partial charge in [0.2, 0.25) is 5.70 Å². The quantitative estimate of drug-likeness (QED) is 0.464. The van der Waals surface area contributed by atoms with E-state index in [0.717, 1.165) is 41.5 Å². The summed E-state index contributed by atoms with van der Waals surface area (Å²) in [5.74, 6) is -0.392. The van der Waals surface area contributed by atoms with Crippen molar-refractivity contribution >= 4 is 12.0 Å². The van der Waals surface area contributed by atoms with E-state index in [1.807, 2.05) is 19.9 Å². The number of hydrogen-bond acceptors (Lipinski definition) is 4. The van der Waals surface area contributed by atoms with E-state index in [0.29, 0.717) is 12.2 Å². The number of rotatable bonds is 7. The van der Waals surface area contributed by atoms with Crippen LogP contribution >= 0.6 is 0 Å². The van der Waals surface area contributed by atoms with Crippen LogP contribution in [0.1, 0.15) is 54.9 Å². The van der Waals surface area contributed by atoms with Crippen molar-refractivity contribution in [1.82, 2.24) is 0 Å². The number of carboxylic acid groups (broad SMARTS) is 1. The third-order valence-electron chi connectivity index (χ3n) is 4.49. The van der Waals surface area contributed by atoms with Crippen molar-refractivity contribution in [3.63, 3.8) is 0 Å². The van der Waals surface area contributed by atoms with Crippen LogP contribution in [0.15, 0.2) is 11.8 Å². The zero-order valence-electron chi connectivity index (χ0n) is 14.3. The average molecular weight is 333 g/mol. The lowest BCUT2D eigenvalue weighted by atomic mass is 9.96. The summed E-state index contributed by atoms with van der Waals surface area (Å²) in [6.07, 6.45) is 4.22. The van der Waals surface area contributed by atoms with Crippen molar-refractivity contribution in [3.05, 3.63) is 44.1 Å². The minimum atomic E-state index is -0.995. The van der Waals surface area contributed by atoms with Gasteiger partial charge in [0.15, 0.2) is 6.10 Å². The van der Waals surface area contributed by atoms with Crippen LogP contribution < -0.4 is 4.74 Å². The largest absolute Gasteiger partial charge is 0.478 e. The Labute approximate surface area is 141 Å². The first-order valence-electron chi connectivity index (χ1n) is 8.22. The van der Waals surface area contributed by atoms with Gasteiger partial charge in [-0.15, -0.1) is 0 Å². The topological polar surface area (TPSA) is 89.7 Å². The Bertz CT molecular complexity index is 693. The zero-order valence-corrected chi connectivity index (χ0v) is 14.3. The number of ether oxygens (including phenoxy) is 1. The molecule has 1 atom stereocenters. The second-order valence-corrected chi connectivity index (χ2v) is 6.20. The first kappa shape index (κ1) is 18.0. The molecule has 0 spiro atoms. The zero-order chi connectivity index (χ0) is 17.9. The maximum absolute atomic E-state index is 11.3. The fourth-order valence-electron chi connectivity index (χ4n) is 2.93. The molecule has 24 heavy (non-hydrogen) atoms. The molecule has 6 nitrogen and oxygen atoms in total. The molecule has 1 heterocycles. The van der Waals surface area contributed by atoms with E-state index in [4.69, 9.17) is 9.84 Å². The number of unbranched alkanes of at least 4 members (excludes halogenated alkanes) is 2. The smallest absolute Gasteiger partial charge is 0.345 e. The van der Waals surface area contributed by atoms with Gasteiger partial charge in [-0.2, -0.15) is 0 Å². The lowest BCUT2D eigenvalue weighted by molar-refractivity contribution is -0.426. The molecule has 0 saturated heterocycles. The Morgan fingerprint density at radius 3 is 2.71 bits per heavy atom. The SMILES string of the molecule is CCCCCC(=Cc1cc2c(c(C)c1C)OC(C(=O)O)C2)[N+](=O)[O-]. The van der Waals surface area contributed by atoms with Crippen molar-refractivity contribution in [2.45, 2.75) is 59.0 Å². The van der Waals surface area contributed by atoms with Gasteiger partial charge in [0, 0.05) is 18.9 Å². The molecule has 1 aliphatic rings. The molecular weight excluding hydrogens is 310 g/mol. The number of hydrogen-bond donors (Lipinski definition) is 1. The van der Waals surface area contributed by atoms with Crippen LogP contribution in [-0.2, 0) is 11.2 Å². The molecule has 130 valence electrons. The van der Waals surface area contributed by atoms with Crippen LogP contribution in [0.2, 0.25) is 0 Å². The van der Waals surface area contributed by atoms with E-state index in [9.17, 15) is 14.9 Å². The van der Waals surface area contributed by atoms with Gasteiger partial charge in [-0.1, -0.05) is 19.8 Å². The Kier molecular flexibility index (Phi) is 5.59. The standard InChI is InChI=1S/C18H23NO5/c1-4-5-6-7-15(19(22)23)9-13-8-14-10-16(18(20)21)24-17(14)12(3)11(13)2/h8-9,16H,4-7,10H2,1-3H3,(H,20,21). The van der Waals surface area contributed by atoms with Gasteiger partial charge in [-0.05, 0) is 48.6 Å². The van der Waals surface area contributed by atoms with E-state index in [1.54, 1.807) is 6.08 Å². The minimum Gasteiger partial charge on any atom is -0.478 e. The molecule has 0 fully saturated rings. The summed E-state index contributed by atoms with van der Waals surface area (Å²) >= 11 is 0. The van der Waals surface area contributed by atoms with Gasteiger partial charge in [-0.3, -0.25) is 10.1 Å². The van der Waals surface area contributed by atoms with Crippen molar-refractivity contribution in [3.8, 4) is 5.75 Å². The van der Waals surface area contributed by atoms with Gasteiger partial charge in [0.05, 0.1) is 4.92 Å². The summed E-state index contributed by atoms with van der Waals surface area (Å²) in [5.41, 5.74) is 3.49. The van der Waals surface area contributed by atoms with E-state index >= 15 is 0 Å². The number of nitrogens with zero attached hydrogens (tertiary/aromatic N) is 1. The fraction of sp³-hybridized carbons (Fsp3) is 0.500. The summed E-state index contributed by atoms with van der Waals surface area (Å²) in [6.45, 7) is 5.80. The van der Waals surface area contributed by atoms with Crippen LogP contribution in [0, 0.1) is 24.0 Å². The summed E-state index contributed by atoms with van der Waals surface area (Å²) < 4.78 is 5.51. The molecule has 0 saturated carbocycles. The highest BCUT2D eigenvalue weighted by molar-refractivity contribution is 5.76. The highest BCUT2D eigenvalue weighted by Crippen LogP contribution is 2.37. The maximum Gasteiger partial charge on any atom is 0.345 e. The Balaban J connectivity index is 2.36. The molecule has 1 N–H and O–H groups in total. The highest BCUT2D eigenvalue weighted by Gasteiger charge is 2.31. The molecule has 0 aliphatic carbocycles. The maximum atomic E-state index is 11.3. The molecule has 1 aromatic rings. The third kappa shape index (κ3) is 3.75. The van der Waals surface area contributed by atoms with Gasteiger partial charge in [0.25, 0.3) is 0 Å². The van der Waals surface area contributed by atoms with E-state index < -0.39 is 12.1 Å². The number of nitro groups is 1. The van der Waals surface area contributed by atoms with Crippen LogP contribution in [0.5, 0.6) is 5.75 Å². The molecule has 1 unspecified atom stereocenters. The molecule has 0 aromatic heterocycles. The van der Waals surface area contributed by atoms with Crippen LogP contribution in [0.3, 0.4) is 0 Å². The van der Waals surface area contributed by atoms with Crippen molar-refractivity contribution < 1.29 is 19.6 Å². The predicted molar refractivity (Wildman–Crippen MR) is 90.8 cm³/mol. The Morgan fingerprint density at radius 2 is 2.12 bits per heavy atom. The molecule has 0 bridgehead atoms. The minimum absolute atomic E-state index is 0.194. The van der Waals surface area contributed by atoms with Gasteiger partial charge >= 0.3 is 5.97 Å². The van der Waals surface area contributed by atoms with Crippen molar-refractivity contribution in [2.75, 3.05) is 0 Å². The molecule has 0 amide bonds. The molecule has 6 heteroatoms. The van der Waals surface area contributed by atoms with Crippen LogP contribution in [0.4, 0.5) is 0 Å². The van der Waals surface area contributed by atoms with Crippen molar-refractivity contribution in [2.24, 2.45) is 0 Å². The number of carbonyl (C=O) groups is 1. The second-order valence-electron chi connectivity index (χ2n) is 6.20. The van der Waals surface area contributed by atoms with Crippen LogP contribution in [-0.4, -0.2) is 22.1 Å². The lowest BCUT2D eigenvalue weighted by Crippen LogP contribution is -2.24. The first-order chi connectivity index (χ1) is 11.3. The van der Waals surface area contributed by atoms with Crippen LogP contribution in [0.25, 0.3) is 6.08 Å². The Morgan fingerprint density at radius 1 is 1.42 bits per heavy atom. The predicted octanol–water partition coefficient (Wildman–Crippen LogP) is 3.89. The number of carboxylic acids is 1.